The molecule has 1 rings (SSSR count). The van der Waals surface area contributed by atoms with Gasteiger partial charge < -0.3 is 14.7 Å². The predicted octanol–water partition coefficient (Wildman–Crippen LogP) is 4.37. The Bertz CT molecular complexity index is 1000. The van der Waals surface area contributed by atoms with Crippen LogP contribution in [0.25, 0.3) is 0 Å². The van der Waals surface area contributed by atoms with E-state index in [0.29, 0.717) is 19.3 Å². The summed E-state index contributed by atoms with van der Waals surface area (Å²) < 4.78 is 185. The Balaban J connectivity index is 0.0000202. The molecule has 1 aliphatic heterocycles. The van der Waals surface area contributed by atoms with Crippen LogP contribution in [0, 0.1) is 5.41 Å². The van der Waals surface area contributed by atoms with E-state index in [-0.39, 0.29) is 67.5 Å². The first-order valence-corrected chi connectivity index (χ1v) is 14.1. The fourth-order valence-electron chi connectivity index (χ4n) is 4.69. The first kappa shape index (κ1) is 45.3. The summed E-state index contributed by atoms with van der Waals surface area (Å²) in [6.07, 6.45) is -10.7. The zero-order valence-corrected chi connectivity index (χ0v) is 27.5. The van der Waals surface area contributed by atoms with Crippen molar-refractivity contribution in [2.24, 2.45) is 5.41 Å². The van der Waals surface area contributed by atoms with Crippen LogP contribution in [0.3, 0.4) is 0 Å². The molecule has 0 amide bonds. The average Bonchev–Trinajstić information content (AvgIpc) is 2.93. The summed E-state index contributed by atoms with van der Waals surface area (Å²) in [4.78, 5) is 25.3. The summed E-state index contributed by atoms with van der Waals surface area (Å²) in [6.45, 7) is 2.77. The number of hydrogen-bond acceptors (Lipinski definition) is 8. The van der Waals surface area contributed by atoms with Gasteiger partial charge in [-0.3, -0.25) is 14.6 Å². The molecule has 2 atom stereocenters. The number of carbonyl (C=O) groups is 2. The zero-order chi connectivity index (χ0) is 35.2. The number of ether oxygens (including phenoxy) is 2. The second-order valence-electron chi connectivity index (χ2n) is 10.4. The van der Waals surface area contributed by atoms with E-state index < -0.39 is 90.2 Å². The van der Waals surface area contributed by atoms with E-state index in [0.717, 1.165) is 0 Å². The quantitative estimate of drug-likeness (QED) is 0.0368. The molecule has 1 saturated heterocycles. The van der Waals surface area contributed by atoms with Crippen molar-refractivity contribution in [1.29, 1.82) is 0 Å². The molecule has 0 aromatic carbocycles. The molecule has 1 heterocycles. The van der Waals surface area contributed by atoms with E-state index in [2.05, 4.69) is 9.37 Å². The maximum atomic E-state index is 13.9. The second-order valence-corrected chi connectivity index (χ2v) is 11.4. The predicted molar refractivity (Wildman–Crippen MR) is 125 cm³/mol. The van der Waals surface area contributed by atoms with Gasteiger partial charge in [-0.15, -0.1) is 0 Å². The van der Waals surface area contributed by atoms with E-state index in [9.17, 15) is 71.9 Å². The number of cyclic esters (lactones) is 1. The number of hydrogen-bond donors (Lipinski definition) is 0. The van der Waals surface area contributed by atoms with Crippen molar-refractivity contribution < 1.29 is 120 Å². The number of carbonyl (C=O) groups excluding carboxylic acids is 2. The van der Waals surface area contributed by atoms with Crippen molar-refractivity contribution in [1.82, 2.24) is 0 Å². The summed E-state index contributed by atoms with van der Waals surface area (Å²) in [7, 11) is 0. The van der Waals surface area contributed by atoms with Crippen LogP contribution in [0.15, 0.2) is 0 Å². The molecule has 0 spiro atoms. The van der Waals surface area contributed by atoms with Crippen molar-refractivity contribution in [3.63, 3.8) is 0 Å². The normalized spacial score (nSPS) is 21.9. The summed E-state index contributed by atoms with van der Waals surface area (Å²) in [6, 6.07) is 0. The third-order valence-electron chi connectivity index (χ3n) is 7.60. The van der Waals surface area contributed by atoms with Crippen LogP contribution in [-0.4, -0.2) is 65.7 Å². The molecule has 0 saturated carbocycles. The van der Waals surface area contributed by atoms with Crippen molar-refractivity contribution in [2.45, 2.75) is 119 Å². The van der Waals surface area contributed by atoms with Crippen LogP contribution in [0.5, 0.6) is 0 Å². The smallest absolute Gasteiger partial charge is 0.691 e. The van der Waals surface area contributed by atoms with Gasteiger partial charge in [0.25, 0.3) is 0 Å². The van der Waals surface area contributed by atoms with Gasteiger partial charge in [0.15, 0.2) is 4.75 Å². The molecule has 1 aliphatic rings. The Hall–Kier alpha value is -0.740. The van der Waals surface area contributed by atoms with E-state index in [1.165, 1.54) is 0 Å². The molecule has 0 radical (unpaired) electrons. The Morgan fingerprint density at radius 1 is 0.848 bits per heavy atom. The summed E-state index contributed by atoms with van der Waals surface area (Å²) >= 11 is 0.233. The van der Waals surface area contributed by atoms with Crippen LogP contribution in [0.2, 0.25) is 0 Å². The van der Waals surface area contributed by atoms with Gasteiger partial charge in [0.1, 0.15) is 0 Å². The largest absolute Gasteiger partial charge is 1.00 e. The summed E-state index contributed by atoms with van der Waals surface area (Å²) in [5.74, 6) is -38.9. The topological polar surface area (TPSA) is 94.1 Å². The minimum atomic E-state index is -7.95. The molecular weight excluding hydrogens is 702 g/mol. The zero-order valence-electron chi connectivity index (χ0n) is 24.7. The maximum Gasteiger partial charge on any atom is 1.00 e. The fraction of sp³-hybridized carbons (Fsp3) is 0.917. The van der Waals surface area contributed by atoms with Crippen molar-refractivity contribution in [3.8, 4) is 0 Å². The third-order valence-corrected chi connectivity index (χ3v) is 8.75. The molecule has 0 aromatic heterocycles. The monoisotopic (exact) mass is 732 g/mol. The SMILES string of the molecule is CCCCC1(CC)COC(=O)CC1(SOO[O-])C(=O)OCCCCCCC(F)(F)C(F)(F)C(F)(F)C(F)(F)C(F)(F)C(F)(F)F.[Na+]. The molecule has 7 nitrogen and oxygen atoms in total. The minimum Gasteiger partial charge on any atom is -0.691 e. The van der Waals surface area contributed by atoms with Gasteiger partial charge in [0.05, 0.1) is 31.7 Å². The van der Waals surface area contributed by atoms with Crippen LogP contribution in [-0.2, 0) is 28.4 Å². The molecule has 22 heteroatoms. The van der Waals surface area contributed by atoms with Gasteiger partial charge in [-0.1, -0.05) is 39.5 Å². The molecule has 266 valence electrons. The van der Waals surface area contributed by atoms with Crippen LogP contribution in [0.1, 0.15) is 78.1 Å². The van der Waals surface area contributed by atoms with Gasteiger partial charge >= 0.3 is 77.3 Å². The Morgan fingerprint density at radius 2 is 1.39 bits per heavy atom. The first-order chi connectivity index (χ1) is 20.4. The van der Waals surface area contributed by atoms with Gasteiger partial charge in [0.2, 0.25) is 0 Å². The minimum absolute atomic E-state index is 0. The maximum absolute atomic E-state index is 13.9. The number of rotatable bonds is 19. The third kappa shape index (κ3) is 8.70. The number of unbranched alkanes of at least 4 members (excludes halogenated alkanes) is 4. The Kier molecular flexibility index (Phi) is 16.5. The molecule has 0 bridgehead atoms. The Morgan fingerprint density at radius 3 is 1.89 bits per heavy atom. The Labute approximate surface area is 280 Å². The van der Waals surface area contributed by atoms with E-state index in [4.69, 9.17) is 9.47 Å². The average molecular weight is 733 g/mol. The van der Waals surface area contributed by atoms with Crippen molar-refractivity contribution in [3.05, 3.63) is 0 Å². The second kappa shape index (κ2) is 16.8. The molecule has 1 fully saturated rings. The van der Waals surface area contributed by atoms with E-state index in [1.54, 1.807) is 6.92 Å². The summed E-state index contributed by atoms with van der Waals surface area (Å²) in [5.41, 5.74) is -1.09. The van der Waals surface area contributed by atoms with Gasteiger partial charge in [0, 0.05) is 11.8 Å². The van der Waals surface area contributed by atoms with E-state index in [1.807, 2.05) is 6.92 Å². The van der Waals surface area contributed by atoms with Crippen LogP contribution < -0.4 is 34.8 Å². The molecule has 0 aliphatic carbocycles. The molecule has 2 unspecified atom stereocenters. The fourth-order valence-corrected chi connectivity index (χ4v) is 5.62. The van der Waals surface area contributed by atoms with Gasteiger partial charge in [-0.25, -0.2) is 0 Å². The van der Waals surface area contributed by atoms with Gasteiger partial charge in [-0.05, 0) is 25.7 Å². The molecule has 46 heavy (non-hydrogen) atoms. The number of esters is 2. The van der Waals surface area contributed by atoms with Crippen molar-refractivity contribution in [2.75, 3.05) is 13.2 Å². The standard InChI is InChI=1S/C24H31F13O7S.Na/c1-3-5-10-17(4-2)14-42-15(38)13-18(17,45-44-43-40)16(39)41-12-9-7-6-8-11-19(25,26)20(27,28)21(29,30)22(31,32)23(33,34)24(35,36)37;/h40H,3-14H2,1-2H3;/q;+1/p-1. The molecule has 0 N–H and O–H groups in total. The molecule has 0 aromatic rings. The van der Waals surface area contributed by atoms with Crippen LogP contribution in [0.4, 0.5) is 57.1 Å². The van der Waals surface area contributed by atoms with Crippen molar-refractivity contribution >= 4 is 24.0 Å². The number of alkyl halides is 13. The number of halogens is 13. The van der Waals surface area contributed by atoms with Crippen LogP contribution >= 0.6 is 12.0 Å². The van der Waals surface area contributed by atoms with E-state index >= 15 is 0 Å². The summed E-state index contributed by atoms with van der Waals surface area (Å²) in [5, 5.41) is 13.9. The van der Waals surface area contributed by atoms with Gasteiger partial charge in [-0.2, -0.15) is 61.4 Å². The first-order valence-electron chi connectivity index (χ1n) is 13.3. The molecular formula is C24H30F13NaO7S.